The average Bonchev–Trinajstić information content (AvgIpc) is 2.60. The first-order valence-corrected chi connectivity index (χ1v) is 9.65. The summed E-state index contributed by atoms with van der Waals surface area (Å²) in [5.41, 5.74) is -0.485. The smallest absolute Gasteiger partial charge is 0.714 e. The van der Waals surface area contributed by atoms with Crippen LogP contribution >= 0.6 is 11.8 Å². The standard InChI is InChI=1S/C14H19NO9S2.K/c16-7-9-11(17)12(18)13(19)14(23-9)25-10(15-24-26(20,21)22)6-8-4-2-1-3-5-8;/h1-5,9,11-14,16-19H,6-7H2,(H,20,21,22);/q;+1/p-1/b15-10-;. The van der Waals surface area contributed by atoms with E-state index in [0.717, 1.165) is 0 Å². The molecule has 1 saturated heterocycles. The summed E-state index contributed by atoms with van der Waals surface area (Å²) in [6.07, 6.45) is -5.76. The molecule has 1 heterocycles. The van der Waals surface area contributed by atoms with Crippen molar-refractivity contribution < 1.29 is 93.8 Å². The second kappa shape index (κ2) is 11.5. The van der Waals surface area contributed by atoms with Gasteiger partial charge in [-0.15, -0.1) is 0 Å². The first kappa shape index (κ1) is 25.4. The molecule has 0 aromatic heterocycles. The summed E-state index contributed by atoms with van der Waals surface area (Å²) in [6, 6.07) is 8.67. The Morgan fingerprint density at radius 2 is 1.81 bits per heavy atom. The second-order valence-electron chi connectivity index (χ2n) is 5.45. The third kappa shape index (κ3) is 7.96. The van der Waals surface area contributed by atoms with Crippen molar-refractivity contribution in [2.45, 2.75) is 36.3 Å². The van der Waals surface area contributed by atoms with Gasteiger partial charge in [-0.05, 0) is 5.56 Å². The molecule has 4 N–H and O–H groups in total. The van der Waals surface area contributed by atoms with E-state index in [1.54, 1.807) is 30.3 Å². The Balaban J connectivity index is 0.00000364. The van der Waals surface area contributed by atoms with Gasteiger partial charge in [0.15, 0.2) is 0 Å². The number of rotatable bonds is 6. The molecule has 1 aromatic rings. The van der Waals surface area contributed by atoms with Gasteiger partial charge in [-0.25, -0.2) is 0 Å². The summed E-state index contributed by atoms with van der Waals surface area (Å²) in [5, 5.41) is 42.1. The van der Waals surface area contributed by atoms with Crippen LogP contribution in [0.1, 0.15) is 5.56 Å². The largest absolute Gasteiger partial charge is 1.00 e. The number of hydrogen-bond donors (Lipinski definition) is 4. The molecule has 0 radical (unpaired) electrons. The van der Waals surface area contributed by atoms with Gasteiger partial charge < -0.3 is 29.7 Å². The van der Waals surface area contributed by atoms with E-state index in [9.17, 15) is 33.4 Å². The fraction of sp³-hybridized carbons (Fsp3) is 0.500. The van der Waals surface area contributed by atoms with Crippen molar-refractivity contribution in [3.63, 3.8) is 0 Å². The van der Waals surface area contributed by atoms with E-state index in [1.807, 2.05) is 0 Å². The zero-order valence-corrected chi connectivity index (χ0v) is 19.0. The van der Waals surface area contributed by atoms with Crippen LogP contribution in [-0.4, -0.2) is 74.9 Å². The van der Waals surface area contributed by atoms with Crippen LogP contribution in [0.4, 0.5) is 0 Å². The van der Waals surface area contributed by atoms with Crippen molar-refractivity contribution in [3.8, 4) is 0 Å². The molecule has 0 aliphatic carbocycles. The normalized spacial score (nSPS) is 29.1. The molecule has 2 rings (SSSR count). The molecule has 0 spiro atoms. The number of oxime groups is 1. The Labute approximate surface area is 202 Å². The monoisotopic (exact) mass is 447 g/mol. The van der Waals surface area contributed by atoms with Crippen molar-refractivity contribution >= 4 is 27.2 Å². The van der Waals surface area contributed by atoms with Crippen LogP contribution in [0.2, 0.25) is 0 Å². The minimum Gasteiger partial charge on any atom is -0.714 e. The van der Waals surface area contributed by atoms with Crippen LogP contribution in [0.5, 0.6) is 0 Å². The van der Waals surface area contributed by atoms with E-state index >= 15 is 0 Å². The summed E-state index contributed by atoms with van der Waals surface area (Å²) in [5.74, 6) is 0. The third-order valence-electron chi connectivity index (χ3n) is 3.53. The summed E-state index contributed by atoms with van der Waals surface area (Å²) in [7, 11) is -5.08. The summed E-state index contributed by atoms with van der Waals surface area (Å²) in [4.78, 5) is 0. The van der Waals surface area contributed by atoms with Gasteiger partial charge in [0.25, 0.3) is 10.4 Å². The van der Waals surface area contributed by atoms with E-state index in [0.29, 0.717) is 17.3 Å². The quantitative estimate of drug-likeness (QED) is 0.0833. The predicted molar refractivity (Wildman–Crippen MR) is 89.7 cm³/mol. The third-order valence-corrected chi connectivity index (χ3v) is 4.90. The van der Waals surface area contributed by atoms with Gasteiger partial charge in [-0.3, -0.25) is 4.28 Å². The average molecular weight is 448 g/mol. The van der Waals surface area contributed by atoms with Gasteiger partial charge in [0.05, 0.1) is 6.61 Å². The number of aliphatic hydroxyl groups is 4. The number of aliphatic hydroxyl groups excluding tert-OH is 4. The second-order valence-corrected chi connectivity index (χ2v) is 7.58. The van der Waals surface area contributed by atoms with Crippen molar-refractivity contribution in [3.05, 3.63) is 35.9 Å². The van der Waals surface area contributed by atoms with Gasteiger partial charge >= 0.3 is 51.4 Å². The molecule has 27 heavy (non-hydrogen) atoms. The van der Waals surface area contributed by atoms with Gasteiger partial charge in [-0.1, -0.05) is 47.2 Å². The van der Waals surface area contributed by atoms with Crippen LogP contribution in [0.3, 0.4) is 0 Å². The number of ether oxygens (including phenoxy) is 1. The molecule has 0 bridgehead atoms. The molecular weight excluding hydrogens is 429 g/mol. The Bertz CT molecular complexity index is 717. The van der Waals surface area contributed by atoms with Gasteiger partial charge in [0, 0.05) is 6.42 Å². The van der Waals surface area contributed by atoms with E-state index in [4.69, 9.17) is 4.74 Å². The summed E-state index contributed by atoms with van der Waals surface area (Å²) in [6.45, 7) is -0.612. The Hall–Kier alpha value is 0.386. The van der Waals surface area contributed by atoms with Gasteiger partial charge in [-0.2, -0.15) is 8.42 Å². The topological polar surface area (TPSA) is 169 Å². The number of benzene rings is 1. The van der Waals surface area contributed by atoms with Crippen LogP contribution in [0.15, 0.2) is 35.5 Å². The van der Waals surface area contributed by atoms with E-state index in [1.165, 1.54) is 0 Å². The molecule has 146 valence electrons. The molecule has 1 fully saturated rings. The van der Waals surface area contributed by atoms with Crippen LogP contribution in [0.25, 0.3) is 0 Å². The predicted octanol–water partition coefficient (Wildman–Crippen LogP) is -4.44. The maximum absolute atomic E-state index is 10.7. The Morgan fingerprint density at radius 3 is 2.37 bits per heavy atom. The first-order valence-electron chi connectivity index (χ1n) is 7.43. The molecule has 0 amide bonds. The zero-order chi connectivity index (χ0) is 19.3. The van der Waals surface area contributed by atoms with Gasteiger partial charge in [0.1, 0.15) is 34.9 Å². The van der Waals surface area contributed by atoms with Crippen molar-refractivity contribution in [2.75, 3.05) is 6.61 Å². The van der Waals surface area contributed by atoms with Crippen LogP contribution in [-0.2, 0) is 25.8 Å². The molecule has 13 heteroatoms. The van der Waals surface area contributed by atoms with Crippen LogP contribution < -0.4 is 51.4 Å². The summed E-state index contributed by atoms with van der Waals surface area (Å²) < 4.78 is 41.2. The summed E-state index contributed by atoms with van der Waals surface area (Å²) >= 11 is 0.701. The molecule has 5 unspecified atom stereocenters. The van der Waals surface area contributed by atoms with Gasteiger partial charge in [0.2, 0.25) is 0 Å². The SMILES string of the molecule is O=S(=O)([O-])O/N=C(/Cc1ccccc1)SC1OC(CO)C(O)C(O)C1O.[K+]. The van der Waals surface area contributed by atoms with E-state index < -0.39 is 46.9 Å². The van der Waals surface area contributed by atoms with Crippen molar-refractivity contribution in [1.82, 2.24) is 0 Å². The minimum absolute atomic E-state index is 0. The first-order chi connectivity index (χ1) is 12.2. The number of thioether (sulfide) groups is 1. The van der Waals surface area contributed by atoms with Crippen LogP contribution in [0, 0.1) is 0 Å². The molecular formula is C14H18KNO9S2. The van der Waals surface area contributed by atoms with E-state index in [2.05, 4.69) is 9.44 Å². The van der Waals surface area contributed by atoms with E-state index in [-0.39, 0.29) is 62.8 Å². The maximum atomic E-state index is 10.7. The molecule has 0 saturated carbocycles. The Morgan fingerprint density at radius 1 is 1.19 bits per heavy atom. The van der Waals surface area contributed by atoms with Crippen molar-refractivity contribution in [2.24, 2.45) is 5.16 Å². The van der Waals surface area contributed by atoms with Crippen molar-refractivity contribution in [1.29, 1.82) is 0 Å². The fourth-order valence-electron chi connectivity index (χ4n) is 2.25. The maximum Gasteiger partial charge on any atom is 1.00 e. The zero-order valence-electron chi connectivity index (χ0n) is 14.3. The Kier molecular flexibility index (Phi) is 10.9. The minimum atomic E-state index is -5.08. The molecule has 10 nitrogen and oxygen atoms in total. The molecule has 1 aliphatic rings. The molecule has 5 atom stereocenters. The number of hydrogen-bond acceptors (Lipinski definition) is 11. The molecule has 1 aliphatic heterocycles. The fourth-order valence-corrected chi connectivity index (χ4v) is 3.58. The molecule has 1 aromatic carbocycles. The number of nitrogens with zero attached hydrogens (tertiary/aromatic N) is 1.